The van der Waals surface area contributed by atoms with Crippen molar-refractivity contribution in [2.24, 2.45) is 5.73 Å². The average molecular weight is 339 g/mol. The molecule has 4 heteroatoms. The van der Waals surface area contributed by atoms with Gasteiger partial charge in [0.05, 0.1) is 6.61 Å². The molecule has 3 N–H and O–H groups in total. The van der Waals surface area contributed by atoms with Crippen LogP contribution in [0, 0.1) is 0 Å². The molecule has 0 bridgehead atoms. The average Bonchev–Trinajstić information content (AvgIpc) is 2.62. The Bertz CT molecular complexity index is 742. The van der Waals surface area contributed by atoms with Gasteiger partial charge in [-0.05, 0) is 66.5 Å². The van der Waals surface area contributed by atoms with E-state index >= 15 is 0 Å². The van der Waals surface area contributed by atoms with E-state index in [1.807, 2.05) is 24.3 Å². The maximum absolute atomic E-state index is 10.9. The summed E-state index contributed by atoms with van der Waals surface area (Å²) in [6, 6.07) is 13.4. The summed E-state index contributed by atoms with van der Waals surface area (Å²) in [4.78, 5) is 10.9. The monoisotopic (exact) mass is 339 g/mol. The number of carbonyl (C=O) groups is 1. The molecule has 0 radical (unpaired) electrons. The Hall–Kier alpha value is -2.33. The Morgan fingerprint density at radius 1 is 1.08 bits per heavy atom. The maximum Gasteiger partial charge on any atom is 0.320 e. The van der Waals surface area contributed by atoms with E-state index in [2.05, 4.69) is 18.2 Å². The number of nitrogens with two attached hydrogens (primary N) is 1. The quantitative estimate of drug-likeness (QED) is 0.813. The lowest BCUT2D eigenvalue weighted by molar-refractivity contribution is -0.138. The smallest absolute Gasteiger partial charge is 0.320 e. The molecule has 0 unspecified atom stereocenters. The molecule has 0 heterocycles. The zero-order valence-corrected chi connectivity index (χ0v) is 14.4. The van der Waals surface area contributed by atoms with Crippen molar-refractivity contribution in [1.82, 2.24) is 0 Å². The molecule has 0 fully saturated rings. The van der Waals surface area contributed by atoms with Gasteiger partial charge in [-0.15, -0.1) is 0 Å². The lowest BCUT2D eigenvalue weighted by Crippen LogP contribution is -2.32. The van der Waals surface area contributed by atoms with Crippen molar-refractivity contribution in [3.05, 3.63) is 64.7 Å². The molecule has 0 amide bonds. The van der Waals surface area contributed by atoms with Gasteiger partial charge in [-0.3, -0.25) is 4.79 Å². The molecular formula is C21H25NO3. The number of benzene rings is 2. The van der Waals surface area contributed by atoms with Gasteiger partial charge in [0, 0.05) is 6.42 Å². The summed E-state index contributed by atoms with van der Waals surface area (Å²) in [7, 11) is 0. The lowest BCUT2D eigenvalue weighted by atomic mass is 9.90. The normalized spacial score (nSPS) is 14.6. The topological polar surface area (TPSA) is 72.5 Å². The molecule has 2 aromatic carbocycles. The fourth-order valence-corrected chi connectivity index (χ4v) is 3.33. The van der Waals surface area contributed by atoms with Crippen molar-refractivity contribution < 1.29 is 14.6 Å². The van der Waals surface area contributed by atoms with Crippen molar-refractivity contribution in [2.45, 2.75) is 44.6 Å². The van der Waals surface area contributed by atoms with Gasteiger partial charge in [-0.25, -0.2) is 0 Å². The lowest BCUT2D eigenvalue weighted by Gasteiger charge is -2.16. The molecule has 0 aliphatic heterocycles. The van der Waals surface area contributed by atoms with Crippen molar-refractivity contribution in [1.29, 1.82) is 0 Å². The molecule has 1 atom stereocenters. The molecule has 1 aliphatic rings. The highest BCUT2D eigenvalue weighted by Crippen LogP contribution is 2.22. The highest BCUT2D eigenvalue weighted by molar-refractivity contribution is 5.73. The van der Waals surface area contributed by atoms with E-state index in [4.69, 9.17) is 15.6 Å². The molecule has 132 valence electrons. The first-order valence-corrected chi connectivity index (χ1v) is 8.92. The van der Waals surface area contributed by atoms with E-state index in [0.29, 0.717) is 13.0 Å². The Morgan fingerprint density at radius 3 is 2.68 bits per heavy atom. The predicted octanol–water partition coefficient (Wildman–Crippen LogP) is 3.14. The van der Waals surface area contributed by atoms with Gasteiger partial charge in [0.15, 0.2) is 0 Å². The molecule has 0 spiro atoms. The van der Waals surface area contributed by atoms with Crippen molar-refractivity contribution in [2.75, 3.05) is 6.61 Å². The highest BCUT2D eigenvalue weighted by Gasteiger charge is 2.12. The summed E-state index contributed by atoms with van der Waals surface area (Å²) >= 11 is 0. The van der Waals surface area contributed by atoms with E-state index in [1.54, 1.807) is 0 Å². The summed E-state index contributed by atoms with van der Waals surface area (Å²) < 4.78 is 5.85. The van der Waals surface area contributed by atoms with Crippen LogP contribution >= 0.6 is 0 Å². The molecule has 1 aliphatic carbocycles. The van der Waals surface area contributed by atoms with Crippen LogP contribution in [0.5, 0.6) is 5.75 Å². The van der Waals surface area contributed by atoms with Crippen molar-refractivity contribution >= 4 is 5.97 Å². The van der Waals surface area contributed by atoms with Crippen molar-refractivity contribution in [3.63, 3.8) is 0 Å². The summed E-state index contributed by atoms with van der Waals surface area (Å²) in [5.41, 5.74) is 10.8. The van der Waals surface area contributed by atoms with Crippen LogP contribution in [0.3, 0.4) is 0 Å². The minimum absolute atomic E-state index is 0.303. The SMILES string of the molecule is N[C@@H](Cc1cccc(OCCc2ccc3c(c2)CCCC3)c1)C(=O)O. The van der Waals surface area contributed by atoms with Crippen LogP contribution in [0.2, 0.25) is 0 Å². The Labute approximate surface area is 148 Å². The van der Waals surface area contributed by atoms with Crippen LogP contribution in [0.1, 0.15) is 35.1 Å². The van der Waals surface area contributed by atoms with Gasteiger partial charge in [-0.2, -0.15) is 0 Å². The highest BCUT2D eigenvalue weighted by atomic mass is 16.5. The number of hydrogen-bond acceptors (Lipinski definition) is 3. The number of hydrogen-bond donors (Lipinski definition) is 2. The summed E-state index contributed by atoms with van der Waals surface area (Å²) in [5.74, 6) is -0.230. The van der Waals surface area contributed by atoms with Gasteiger partial charge in [-0.1, -0.05) is 30.3 Å². The number of fused-ring (bicyclic) bond motifs is 1. The molecule has 0 saturated carbocycles. The van der Waals surface area contributed by atoms with Gasteiger partial charge < -0.3 is 15.6 Å². The van der Waals surface area contributed by atoms with E-state index in [1.165, 1.54) is 42.4 Å². The van der Waals surface area contributed by atoms with E-state index in [9.17, 15) is 4.79 Å². The van der Waals surface area contributed by atoms with Crippen molar-refractivity contribution in [3.8, 4) is 5.75 Å². The minimum Gasteiger partial charge on any atom is -0.493 e. The number of ether oxygens (including phenoxy) is 1. The second kappa shape index (κ2) is 8.17. The van der Waals surface area contributed by atoms with Gasteiger partial charge >= 0.3 is 5.97 Å². The second-order valence-electron chi connectivity index (χ2n) is 6.70. The number of aliphatic carboxylic acids is 1. The molecule has 2 aromatic rings. The van der Waals surface area contributed by atoms with Crippen LogP contribution in [0.4, 0.5) is 0 Å². The second-order valence-corrected chi connectivity index (χ2v) is 6.70. The van der Waals surface area contributed by atoms with E-state index < -0.39 is 12.0 Å². The van der Waals surface area contributed by atoms with Crippen LogP contribution in [-0.4, -0.2) is 23.7 Å². The molecule has 4 nitrogen and oxygen atoms in total. The largest absolute Gasteiger partial charge is 0.493 e. The molecule has 3 rings (SSSR count). The van der Waals surface area contributed by atoms with Crippen LogP contribution in [0.25, 0.3) is 0 Å². The minimum atomic E-state index is -0.987. The fraction of sp³-hybridized carbons (Fsp3) is 0.381. The standard InChI is InChI=1S/C21H25NO3/c22-20(21(23)24)14-16-4-3-7-19(13-16)25-11-10-15-8-9-17-5-1-2-6-18(17)12-15/h3-4,7-9,12-13,20H,1-2,5-6,10-11,14,22H2,(H,23,24)/t20-/m0/s1. The third-order valence-corrected chi connectivity index (χ3v) is 4.74. The van der Waals surface area contributed by atoms with E-state index in [0.717, 1.165) is 17.7 Å². The summed E-state index contributed by atoms with van der Waals surface area (Å²) in [6.45, 7) is 0.604. The number of carboxylic acids is 1. The van der Waals surface area contributed by atoms with Gasteiger partial charge in [0.2, 0.25) is 0 Å². The van der Waals surface area contributed by atoms with Crippen LogP contribution in [-0.2, 0) is 30.5 Å². The summed E-state index contributed by atoms with van der Waals surface area (Å²) in [6.07, 6.45) is 6.16. The number of rotatable bonds is 7. The fourth-order valence-electron chi connectivity index (χ4n) is 3.33. The molecule has 0 saturated heterocycles. The van der Waals surface area contributed by atoms with Gasteiger partial charge in [0.25, 0.3) is 0 Å². The predicted molar refractivity (Wildman–Crippen MR) is 98.0 cm³/mol. The zero-order valence-electron chi connectivity index (χ0n) is 14.4. The Balaban J connectivity index is 1.54. The first kappa shape index (κ1) is 17.5. The first-order chi connectivity index (χ1) is 12.1. The van der Waals surface area contributed by atoms with Gasteiger partial charge in [0.1, 0.15) is 11.8 Å². The zero-order chi connectivity index (χ0) is 17.6. The third kappa shape index (κ3) is 4.83. The number of aryl methyl sites for hydroxylation is 2. The molecule has 0 aromatic heterocycles. The Morgan fingerprint density at radius 2 is 1.88 bits per heavy atom. The third-order valence-electron chi connectivity index (χ3n) is 4.74. The molecule has 25 heavy (non-hydrogen) atoms. The Kier molecular flexibility index (Phi) is 5.71. The first-order valence-electron chi connectivity index (χ1n) is 8.92. The van der Waals surface area contributed by atoms with Crippen LogP contribution < -0.4 is 10.5 Å². The van der Waals surface area contributed by atoms with E-state index in [-0.39, 0.29) is 0 Å². The molecular weight excluding hydrogens is 314 g/mol. The maximum atomic E-state index is 10.9. The number of carboxylic acid groups (broad SMARTS) is 1. The van der Waals surface area contributed by atoms with Crippen LogP contribution in [0.15, 0.2) is 42.5 Å². The summed E-state index contributed by atoms with van der Waals surface area (Å²) in [5, 5.41) is 8.91.